The van der Waals surface area contributed by atoms with Crippen molar-refractivity contribution in [3.63, 3.8) is 0 Å². The molecule has 2 aromatic rings. The van der Waals surface area contributed by atoms with E-state index in [1.165, 1.54) is 12.1 Å². The van der Waals surface area contributed by atoms with Crippen LogP contribution in [0.5, 0.6) is 5.75 Å². The van der Waals surface area contributed by atoms with E-state index < -0.39 is 0 Å². The second-order valence-electron chi connectivity index (χ2n) is 4.19. The first-order chi connectivity index (χ1) is 8.24. The summed E-state index contributed by atoms with van der Waals surface area (Å²) in [6.45, 7) is 0. The molecular formula is C13H12FNOS. The van der Waals surface area contributed by atoms with Gasteiger partial charge in [-0.3, -0.25) is 0 Å². The molecule has 88 valence electrons. The van der Waals surface area contributed by atoms with E-state index in [9.17, 15) is 4.39 Å². The maximum absolute atomic E-state index is 13.1. The molecule has 17 heavy (non-hydrogen) atoms. The Labute approximate surface area is 103 Å². The number of rotatable bonds is 1. The van der Waals surface area contributed by atoms with Crippen molar-refractivity contribution in [1.29, 1.82) is 0 Å². The second-order valence-corrected chi connectivity index (χ2v) is 4.97. The molecule has 1 aromatic heterocycles. The van der Waals surface area contributed by atoms with Crippen molar-refractivity contribution in [2.75, 3.05) is 0 Å². The molecule has 1 aromatic carbocycles. The summed E-state index contributed by atoms with van der Waals surface area (Å²) in [5.41, 5.74) is 7.97. The molecule has 0 fully saturated rings. The van der Waals surface area contributed by atoms with Crippen LogP contribution in [0, 0.1) is 5.82 Å². The first-order valence-electron chi connectivity index (χ1n) is 5.48. The van der Waals surface area contributed by atoms with E-state index in [0.29, 0.717) is 12.2 Å². The number of thiophene rings is 1. The van der Waals surface area contributed by atoms with E-state index in [-0.39, 0.29) is 18.0 Å². The van der Waals surface area contributed by atoms with Gasteiger partial charge in [0.2, 0.25) is 0 Å². The molecule has 1 unspecified atom stereocenters. The quantitative estimate of drug-likeness (QED) is 0.840. The van der Waals surface area contributed by atoms with Crippen LogP contribution in [-0.2, 0) is 0 Å². The normalized spacial score (nSPS) is 22.9. The summed E-state index contributed by atoms with van der Waals surface area (Å²) in [7, 11) is 0. The predicted octanol–water partition coefficient (Wildman–Crippen LogP) is 3.41. The van der Waals surface area contributed by atoms with Gasteiger partial charge in [0.1, 0.15) is 17.7 Å². The average molecular weight is 249 g/mol. The highest BCUT2D eigenvalue weighted by molar-refractivity contribution is 7.07. The van der Waals surface area contributed by atoms with Crippen LogP contribution >= 0.6 is 11.3 Å². The highest BCUT2D eigenvalue weighted by atomic mass is 32.1. The van der Waals surface area contributed by atoms with Crippen molar-refractivity contribution < 1.29 is 9.13 Å². The van der Waals surface area contributed by atoms with Crippen LogP contribution in [-0.4, -0.2) is 0 Å². The zero-order valence-electron chi connectivity index (χ0n) is 9.10. The van der Waals surface area contributed by atoms with Gasteiger partial charge in [0.15, 0.2) is 0 Å². The summed E-state index contributed by atoms with van der Waals surface area (Å²) in [6, 6.07) is 6.39. The first kappa shape index (κ1) is 10.7. The third-order valence-electron chi connectivity index (χ3n) is 3.02. The molecule has 4 heteroatoms. The maximum Gasteiger partial charge on any atom is 0.126 e. The van der Waals surface area contributed by atoms with Crippen LogP contribution in [0.4, 0.5) is 4.39 Å². The molecule has 0 saturated carbocycles. The van der Waals surface area contributed by atoms with Gasteiger partial charge < -0.3 is 10.5 Å². The van der Waals surface area contributed by atoms with E-state index in [4.69, 9.17) is 10.5 Å². The third-order valence-corrected chi connectivity index (χ3v) is 3.72. The van der Waals surface area contributed by atoms with Gasteiger partial charge >= 0.3 is 0 Å². The van der Waals surface area contributed by atoms with Gasteiger partial charge in [0.25, 0.3) is 0 Å². The molecule has 2 nitrogen and oxygen atoms in total. The summed E-state index contributed by atoms with van der Waals surface area (Å²) >= 11 is 1.64. The molecule has 2 heterocycles. The SMILES string of the molecule is N[C@@H]1CC(c2ccsc2)Oc2ccc(F)cc21. The summed E-state index contributed by atoms with van der Waals surface area (Å²) in [6.07, 6.45) is 0.668. The molecule has 2 N–H and O–H groups in total. The van der Waals surface area contributed by atoms with Gasteiger partial charge in [-0.25, -0.2) is 4.39 Å². The lowest BCUT2D eigenvalue weighted by molar-refractivity contribution is 0.161. The Balaban J connectivity index is 1.96. The Bertz CT molecular complexity index is 526. The predicted molar refractivity (Wildman–Crippen MR) is 65.6 cm³/mol. The van der Waals surface area contributed by atoms with Crippen LogP contribution in [0.15, 0.2) is 35.0 Å². The Morgan fingerprint density at radius 2 is 2.24 bits per heavy atom. The van der Waals surface area contributed by atoms with Crippen molar-refractivity contribution in [2.24, 2.45) is 5.73 Å². The van der Waals surface area contributed by atoms with Crippen LogP contribution in [0.3, 0.4) is 0 Å². The number of benzene rings is 1. The zero-order chi connectivity index (χ0) is 11.8. The Kier molecular flexibility index (Phi) is 2.61. The smallest absolute Gasteiger partial charge is 0.126 e. The van der Waals surface area contributed by atoms with Crippen molar-refractivity contribution in [3.05, 3.63) is 52.0 Å². The third kappa shape index (κ3) is 1.94. The number of nitrogens with two attached hydrogens (primary N) is 1. The minimum atomic E-state index is -0.267. The fraction of sp³-hybridized carbons (Fsp3) is 0.231. The lowest BCUT2D eigenvalue weighted by Gasteiger charge is -2.30. The van der Waals surface area contributed by atoms with Gasteiger partial charge in [-0.15, -0.1) is 0 Å². The van der Waals surface area contributed by atoms with Gasteiger partial charge in [-0.05, 0) is 35.0 Å². The molecule has 0 spiro atoms. The van der Waals surface area contributed by atoms with Gasteiger partial charge in [0.05, 0.1) is 0 Å². The molecule has 1 aliphatic heterocycles. The fourth-order valence-electron chi connectivity index (χ4n) is 2.14. The Morgan fingerprint density at radius 1 is 1.35 bits per heavy atom. The van der Waals surface area contributed by atoms with E-state index in [0.717, 1.165) is 11.1 Å². The van der Waals surface area contributed by atoms with E-state index >= 15 is 0 Å². The van der Waals surface area contributed by atoms with Crippen LogP contribution in [0.1, 0.15) is 29.7 Å². The zero-order valence-corrected chi connectivity index (χ0v) is 9.91. The molecule has 0 saturated heterocycles. The van der Waals surface area contributed by atoms with Crippen molar-refractivity contribution in [1.82, 2.24) is 0 Å². The number of halogens is 1. The number of fused-ring (bicyclic) bond motifs is 1. The van der Waals surface area contributed by atoms with Crippen LogP contribution in [0.2, 0.25) is 0 Å². The van der Waals surface area contributed by atoms with Gasteiger partial charge in [-0.1, -0.05) is 0 Å². The summed E-state index contributed by atoms with van der Waals surface area (Å²) in [4.78, 5) is 0. The van der Waals surface area contributed by atoms with E-state index in [2.05, 4.69) is 5.38 Å². The van der Waals surface area contributed by atoms with Crippen molar-refractivity contribution in [3.8, 4) is 5.75 Å². The lowest BCUT2D eigenvalue weighted by atomic mass is 9.95. The summed E-state index contributed by atoms with van der Waals surface area (Å²) in [5, 5.41) is 4.08. The fourth-order valence-corrected chi connectivity index (χ4v) is 2.84. The summed E-state index contributed by atoms with van der Waals surface area (Å²) < 4.78 is 19.0. The monoisotopic (exact) mass is 249 g/mol. The molecule has 0 amide bonds. The molecular weight excluding hydrogens is 237 g/mol. The maximum atomic E-state index is 13.1. The van der Waals surface area contributed by atoms with Crippen LogP contribution in [0.25, 0.3) is 0 Å². The molecule has 1 aliphatic rings. The van der Waals surface area contributed by atoms with Crippen LogP contribution < -0.4 is 10.5 Å². The minimum absolute atomic E-state index is 0.0192. The average Bonchev–Trinajstić information content (AvgIpc) is 2.83. The topological polar surface area (TPSA) is 35.2 Å². The standard InChI is InChI=1S/C13H12FNOS/c14-9-1-2-12-10(5-9)11(15)6-13(16-12)8-3-4-17-7-8/h1-5,7,11,13H,6,15H2/t11-,13?/m1/s1. The Hall–Kier alpha value is -1.39. The molecule has 0 aliphatic carbocycles. The highest BCUT2D eigenvalue weighted by Gasteiger charge is 2.27. The lowest BCUT2D eigenvalue weighted by Crippen LogP contribution is -2.24. The Morgan fingerprint density at radius 3 is 3.00 bits per heavy atom. The van der Waals surface area contributed by atoms with E-state index in [1.54, 1.807) is 17.4 Å². The second kappa shape index (κ2) is 4.13. The molecule has 0 radical (unpaired) electrons. The first-order valence-corrected chi connectivity index (χ1v) is 6.42. The largest absolute Gasteiger partial charge is 0.485 e. The molecule has 3 rings (SSSR count). The number of hydrogen-bond donors (Lipinski definition) is 1. The van der Waals surface area contributed by atoms with Gasteiger partial charge in [0, 0.05) is 23.6 Å². The van der Waals surface area contributed by atoms with Crippen molar-refractivity contribution >= 4 is 11.3 Å². The number of ether oxygens (including phenoxy) is 1. The van der Waals surface area contributed by atoms with Gasteiger partial charge in [-0.2, -0.15) is 11.3 Å². The molecule has 2 atom stereocenters. The van der Waals surface area contributed by atoms with E-state index in [1.807, 2.05) is 11.4 Å². The minimum Gasteiger partial charge on any atom is -0.485 e. The molecule has 0 bridgehead atoms. The number of hydrogen-bond acceptors (Lipinski definition) is 3. The van der Waals surface area contributed by atoms with Crippen molar-refractivity contribution in [2.45, 2.75) is 18.6 Å². The highest BCUT2D eigenvalue weighted by Crippen LogP contribution is 2.40. The summed E-state index contributed by atoms with van der Waals surface area (Å²) in [5.74, 6) is 0.429.